The second kappa shape index (κ2) is 5.01. The van der Waals surface area contributed by atoms with E-state index in [-0.39, 0.29) is 5.91 Å². The van der Waals surface area contributed by atoms with E-state index in [2.05, 4.69) is 25.8 Å². The molecule has 1 aromatic carbocycles. The number of hydrogen-bond acceptors (Lipinski definition) is 4. The number of carbonyl (C=O) groups is 1. The number of hydrogen-bond donors (Lipinski definition) is 2. The fourth-order valence-corrected chi connectivity index (χ4v) is 2.27. The number of H-pyrrole nitrogens is 1. The molecule has 1 amide bonds. The second-order valence-corrected chi connectivity index (χ2v) is 4.87. The molecule has 0 spiro atoms. The highest BCUT2D eigenvalue weighted by Gasteiger charge is 2.13. The Morgan fingerprint density at radius 2 is 2.19 bits per heavy atom. The lowest BCUT2D eigenvalue weighted by molar-refractivity contribution is 0.102. The fourth-order valence-electron chi connectivity index (χ4n) is 2.27. The highest BCUT2D eigenvalue weighted by Crippen LogP contribution is 2.19. The van der Waals surface area contributed by atoms with Crippen LogP contribution in [0.15, 0.2) is 18.2 Å². The molecule has 0 aliphatic rings. The zero-order valence-corrected chi connectivity index (χ0v) is 12.1. The van der Waals surface area contributed by atoms with Crippen LogP contribution < -0.4 is 5.32 Å². The molecule has 0 radical (unpaired) electrons. The SMILES string of the molecule is CCn1nnc2cc(C(=O)Nc3c(C)n[nH]c3C)ccc21. The predicted octanol–water partition coefficient (Wildman–Crippen LogP) is 2.04. The Balaban J connectivity index is 1.91. The number of rotatable bonds is 3. The molecular weight excluding hydrogens is 268 g/mol. The summed E-state index contributed by atoms with van der Waals surface area (Å²) >= 11 is 0. The number of amides is 1. The largest absolute Gasteiger partial charge is 0.319 e. The van der Waals surface area contributed by atoms with Crippen molar-refractivity contribution in [1.29, 1.82) is 0 Å². The molecule has 0 fully saturated rings. The summed E-state index contributed by atoms with van der Waals surface area (Å²) in [4.78, 5) is 12.3. The van der Waals surface area contributed by atoms with Crippen molar-refractivity contribution in [2.24, 2.45) is 0 Å². The molecular formula is C14H16N6O. The van der Waals surface area contributed by atoms with E-state index in [9.17, 15) is 4.79 Å². The Morgan fingerprint density at radius 1 is 1.38 bits per heavy atom. The van der Waals surface area contributed by atoms with Gasteiger partial charge in [0.25, 0.3) is 5.91 Å². The molecule has 3 rings (SSSR count). The molecule has 0 aliphatic carbocycles. The number of aromatic amines is 1. The number of carbonyl (C=O) groups excluding carboxylic acids is 1. The third kappa shape index (κ3) is 2.26. The van der Waals surface area contributed by atoms with E-state index < -0.39 is 0 Å². The van der Waals surface area contributed by atoms with E-state index >= 15 is 0 Å². The smallest absolute Gasteiger partial charge is 0.255 e. The fraction of sp³-hybridized carbons (Fsp3) is 0.286. The van der Waals surface area contributed by atoms with Gasteiger partial charge in [-0.05, 0) is 39.0 Å². The minimum Gasteiger partial charge on any atom is -0.319 e. The topological polar surface area (TPSA) is 88.5 Å². The normalized spacial score (nSPS) is 11.0. The summed E-state index contributed by atoms with van der Waals surface area (Å²) < 4.78 is 1.79. The van der Waals surface area contributed by atoms with Crippen LogP contribution in [0.4, 0.5) is 5.69 Å². The third-order valence-electron chi connectivity index (χ3n) is 3.44. The van der Waals surface area contributed by atoms with Crippen LogP contribution in [0.3, 0.4) is 0 Å². The first-order chi connectivity index (χ1) is 10.1. The number of aryl methyl sites for hydroxylation is 3. The van der Waals surface area contributed by atoms with Crippen molar-refractivity contribution in [1.82, 2.24) is 25.2 Å². The third-order valence-corrected chi connectivity index (χ3v) is 3.44. The van der Waals surface area contributed by atoms with Crippen LogP contribution in [-0.2, 0) is 6.54 Å². The predicted molar refractivity (Wildman–Crippen MR) is 79.2 cm³/mol. The molecule has 108 valence electrons. The van der Waals surface area contributed by atoms with Crippen molar-refractivity contribution < 1.29 is 4.79 Å². The Bertz CT molecular complexity index is 797. The first-order valence-corrected chi connectivity index (χ1v) is 6.76. The summed E-state index contributed by atoms with van der Waals surface area (Å²) in [6, 6.07) is 5.38. The van der Waals surface area contributed by atoms with Crippen LogP contribution in [0.2, 0.25) is 0 Å². The molecule has 21 heavy (non-hydrogen) atoms. The minimum atomic E-state index is -0.185. The van der Waals surface area contributed by atoms with Gasteiger partial charge in [-0.1, -0.05) is 5.21 Å². The molecule has 3 aromatic rings. The average Bonchev–Trinajstić information content (AvgIpc) is 3.04. The monoisotopic (exact) mass is 284 g/mol. The van der Waals surface area contributed by atoms with Crippen molar-refractivity contribution in [2.45, 2.75) is 27.3 Å². The van der Waals surface area contributed by atoms with Gasteiger partial charge in [0.1, 0.15) is 5.52 Å². The molecule has 0 saturated heterocycles. The number of aromatic nitrogens is 5. The van der Waals surface area contributed by atoms with Crippen molar-refractivity contribution >= 4 is 22.6 Å². The van der Waals surface area contributed by atoms with Gasteiger partial charge in [0.05, 0.1) is 22.6 Å². The molecule has 0 bridgehead atoms. The van der Waals surface area contributed by atoms with E-state index in [4.69, 9.17) is 0 Å². The van der Waals surface area contributed by atoms with E-state index in [1.165, 1.54) is 0 Å². The lowest BCUT2D eigenvalue weighted by atomic mass is 10.1. The van der Waals surface area contributed by atoms with Gasteiger partial charge in [0.15, 0.2) is 0 Å². The molecule has 0 saturated carbocycles. The molecule has 0 unspecified atom stereocenters. The maximum atomic E-state index is 12.3. The highest BCUT2D eigenvalue weighted by molar-refractivity contribution is 6.06. The molecule has 7 nitrogen and oxygen atoms in total. The van der Waals surface area contributed by atoms with Gasteiger partial charge < -0.3 is 5.32 Å². The molecule has 0 aliphatic heterocycles. The number of nitrogens with zero attached hydrogens (tertiary/aromatic N) is 4. The molecule has 7 heteroatoms. The summed E-state index contributed by atoms with van der Waals surface area (Å²) in [5.74, 6) is -0.185. The second-order valence-electron chi connectivity index (χ2n) is 4.87. The molecule has 2 aromatic heterocycles. The van der Waals surface area contributed by atoms with E-state index in [1.807, 2.05) is 26.8 Å². The van der Waals surface area contributed by atoms with Crippen molar-refractivity contribution in [3.8, 4) is 0 Å². The highest BCUT2D eigenvalue weighted by atomic mass is 16.1. The number of anilines is 1. The molecule has 0 atom stereocenters. The quantitative estimate of drug-likeness (QED) is 0.770. The van der Waals surface area contributed by atoms with E-state index in [1.54, 1.807) is 16.8 Å². The van der Waals surface area contributed by atoms with Crippen molar-refractivity contribution in [3.05, 3.63) is 35.2 Å². The van der Waals surface area contributed by atoms with Crippen LogP contribution in [-0.4, -0.2) is 31.1 Å². The van der Waals surface area contributed by atoms with Gasteiger partial charge in [-0.15, -0.1) is 5.10 Å². The van der Waals surface area contributed by atoms with Gasteiger partial charge in [-0.2, -0.15) is 5.10 Å². The van der Waals surface area contributed by atoms with Gasteiger partial charge in [0, 0.05) is 12.1 Å². The van der Waals surface area contributed by atoms with Gasteiger partial charge >= 0.3 is 0 Å². The van der Waals surface area contributed by atoms with E-state index in [0.29, 0.717) is 11.1 Å². The van der Waals surface area contributed by atoms with Gasteiger partial charge in [-0.3, -0.25) is 9.89 Å². The maximum Gasteiger partial charge on any atom is 0.255 e. The summed E-state index contributed by atoms with van der Waals surface area (Å²) in [7, 11) is 0. The zero-order valence-electron chi connectivity index (χ0n) is 12.1. The maximum absolute atomic E-state index is 12.3. The average molecular weight is 284 g/mol. The standard InChI is InChI=1S/C14H16N6O/c1-4-20-12-6-5-10(7-11(12)18-19-20)14(21)15-13-8(2)16-17-9(13)3/h5-7H,4H2,1-3H3,(H,15,21)(H,16,17). The lowest BCUT2D eigenvalue weighted by Gasteiger charge is -2.05. The first kappa shape index (κ1) is 13.3. The molecule has 2 N–H and O–H groups in total. The summed E-state index contributed by atoms with van der Waals surface area (Å²) in [6.45, 7) is 6.45. The van der Waals surface area contributed by atoms with Crippen LogP contribution in [0, 0.1) is 13.8 Å². The van der Waals surface area contributed by atoms with Crippen LogP contribution in [0.25, 0.3) is 11.0 Å². The minimum absolute atomic E-state index is 0.185. The van der Waals surface area contributed by atoms with Crippen LogP contribution in [0.1, 0.15) is 28.7 Å². The Labute approximate surface area is 121 Å². The van der Waals surface area contributed by atoms with E-state index in [0.717, 1.165) is 29.1 Å². The lowest BCUT2D eigenvalue weighted by Crippen LogP contribution is -2.13. The summed E-state index contributed by atoms with van der Waals surface area (Å²) in [5.41, 5.74) is 4.50. The number of nitrogens with one attached hydrogen (secondary N) is 2. The zero-order chi connectivity index (χ0) is 15.0. The number of benzene rings is 1. The summed E-state index contributed by atoms with van der Waals surface area (Å²) in [6.07, 6.45) is 0. The Hall–Kier alpha value is -2.70. The number of fused-ring (bicyclic) bond motifs is 1. The summed E-state index contributed by atoms with van der Waals surface area (Å²) in [5, 5.41) is 17.9. The first-order valence-electron chi connectivity index (χ1n) is 6.76. The van der Waals surface area contributed by atoms with Crippen molar-refractivity contribution in [3.63, 3.8) is 0 Å². The van der Waals surface area contributed by atoms with Crippen molar-refractivity contribution in [2.75, 3.05) is 5.32 Å². The van der Waals surface area contributed by atoms with Gasteiger partial charge in [-0.25, -0.2) is 4.68 Å². The van der Waals surface area contributed by atoms with Crippen LogP contribution >= 0.6 is 0 Å². The van der Waals surface area contributed by atoms with Crippen LogP contribution in [0.5, 0.6) is 0 Å². The Morgan fingerprint density at radius 3 is 2.86 bits per heavy atom. The Kier molecular flexibility index (Phi) is 3.17. The molecule has 2 heterocycles. The van der Waals surface area contributed by atoms with Gasteiger partial charge in [0.2, 0.25) is 0 Å².